The minimum absolute atomic E-state index is 0.287. The first-order valence-corrected chi connectivity index (χ1v) is 6.00. The molecular formula is C9H14OS2. The molecule has 68 valence electrons. The minimum atomic E-state index is 0.287. The molecule has 0 saturated carbocycles. The van der Waals surface area contributed by atoms with E-state index in [4.69, 9.17) is 5.11 Å². The van der Waals surface area contributed by atoms with E-state index in [1.54, 1.807) is 11.3 Å². The number of aryl methyl sites for hydroxylation is 1. The van der Waals surface area contributed by atoms with Gasteiger partial charge >= 0.3 is 0 Å². The van der Waals surface area contributed by atoms with Gasteiger partial charge in [0.25, 0.3) is 0 Å². The Morgan fingerprint density at radius 1 is 1.67 bits per heavy atom. The van der Waals surface area contributed by atoms with Gasteiger partial charge in [0, 0.05) is 10.1 Å². The Balaban J connectivity index is 2.11. The fourth-order valence-electron chi connectivity index (χ4n) is 0.868. The van der Waals surface area contributed by atoms with Crippen molar-refractivity contribution in [2.24, 2.45) is 0 Å². The van der Waals surface area contributed by atoms with Crippen molar-refractivity contribution in [3.63, 3.8) is 0 Å². The number of rotatable bonds is 5. The summed E-state index contributed by atoms with van der Waals surface area (Å²) in [5, 5.41) is 11.3. The zero-order valence-corrected chi connectivity index (χ0v) is 8.83. The zero-order valence-electron chi connectivity index (χ0n) is 7.19. The Bertz CT molecular complexity index is 196. The molecule has 0 bridgehead atoms. The molecule has 1 heterocycles. The molecule has 0 radical (unpaired) electrons. The van der Waals surface area contributed by atoms with Crippen LogP contribution in [0.4, 0.5) is 0 Å². The molecule has 1 atom stereocenters. The maximum atomic E-state index is 8.77. The molecular weight excluding hydrogens is 188 g/mol. The maximum Gasteiger partial charge on any atom is 0.0547 e. The van der Waals surface area contributed by atoms with Crippen LogP contribution in [0.25, 0.3) is 0 Å². The summed E-state index contributed by atoms with van der Waals surface area (Å²) in [6, 6.07) is 4.25. The molecule has 0 spiro atoms. The summed E-state index contributed by atoms with van der Waals surface area (Å²) in [5.74, 6) is 1.11. The molecule has 3 heteroatoms. The molecule has 12 heavy (non-hydrogen) atoms. The van der Waals surface area contributed by atoms with Gasteiger partial charge in [-0.1, -0.05) is 13.0 Å². The van der Waals surface area contributed by atoms with Gasteiger partial charge in [-0.15, -0.1) is 11.3 Å². The second kappa shape index (κ2) is 5.62. The maximum absolute atomic E-state index is 8.77. The Hall–Kier alpha value is 0.01000. The van der Waals surface area contributed by atoms with Gasteiger partial charge in [-0.25, -0.2) is 0 Å². The van der Waals surface area contributed by atoms with Crippen LogP contribution in [0.1, 0.15) is 11.8 Å². The lowest BCUT2D eigenvalue weighted by Crippen LogP contribution is -2.03. The number of aliphatic hydroxyl groups excluding tert-OH is 1. The van der Waals surface area contributed by atoms with Crippen molar-refractivity contribution < 1.29 is 5.11 Å². The third-order valence-electron chi connectivity index (χ3n) is 1.59. The van der Waals surface area contributed by atoms with Crippen LogP contribution < -0.4 is 0 Å². The fourth-order valence-corrected chi connectivity index (χ4v) is 2.55. The van der Waals surface area contributed by atoms with Crippen LogP contribution in [-0.2, 0) is 6.42 Å². The molecule has 1 rings (SSSR count). The second-order valence-corrected chi connectivity index (χ2v) is 5.27. The third-order valence-corrected chi connectivity index (χ3v) is 3.68. The standard InChI is InChI=1S/C9H14OS2/c1-8(7-10)11-6-4-9-3-2-5-12-9/h2-3,5,8,10H,4,6-7H2,1H3. The van der Waals surface area contributed by atoms with Crippen molar-refractivity contribution in [1.82, 2.24) is 0 Å². The second-order valence-electron chi connectivity index (χ2n) is 2.69. The predicted octanol–water partition coefficient (Wildman–Crippen LogP) is 2.40. The molecule has 0 saturated heterocycles. The Labute approximate surface area is 81.8 Å². The highest BCUT2D eigenvalue weighted by Gasteiger charge is 2.00. The molecule has 0 aliphatic rings. The van der Waals surface area contributed by atoms with Crippen LogP contribution in [0.3, 0.4) is 0 Å². The first-order valence-electron chi connectivity index (χ1n) is 4.07. The summed E-state index contributed by atoms with van der Waals surface area (Å²) in [4.78, 5) is 1.44. The fraction of sp³-hybridized carbons (Fsp3) is 0.556. The number of hydrogen-bond donors (Lipinski definition) is 1. The number of thioether (sulfide) groups is 1. The van der Waals surface area contributed by atoms with Crippen molar-refractivity contribution in [3.8, 4) is 0 Å². The van der Waals surface area contributed by atoms with E-state index in [-0.39, 0.29) is 6.61 Å². The van der Waals surface area contributed by atoms with E-state index in [1.807, 2.05) is 11.8 Å². The quantitative estimate of drug-likeness (QED) is 0.791. The largest absolute Gasteiger partial charge is 0.395 e. The van der Waals surface area contributed by atoms with Crippen LogP contribution in [0.15, 0.2) is 17.5 Å². The Kier molecular flexibility index (Phi) is 4.73. The third kappa shape index (κ3) is 3.61. The van der Waals surface area contributed by atoms with E-state index in [0.717, 1.165) is 12.2 Å². The average Bonchev–Trinajstić information content (AvgIpc) is 2.57. The van der Waals surface area contributed by atoms with Gasteiger partial charge in [-0.2, -0.15) is 11.8 Å². The van der Waals surface area contributed by atoms with Crippen molar-refractivity contribution >= 4 is 23.1 Å². The summed E-state index contributed by atoms with van der Waals surface area (Å²) in [6.07, 6.45) is 1.13. The van der Waals surface area contributed by atoms with Crippen molar-refractivity contribution in [3.05, 3.63) is 22.4 Å². The number of aliphatic hydroxyl groups is 1. The van der Waals surface area contributed by atoms with Gasteiger partial charge in [0.05, 0.1) is 6.61 Å². The molecule has 0 aliphatic carbocycles. The summed E-state index contributed by atoms with van der Waals surface area (Å²) in [5.41, 5.74) is 0. The highest BCUT2D eigenvalue weighted by Crippen LogP contribution is 2.15. The molecule has 1 aromatic rings. The van der Waals surface area contributed by atoms with E-state index in [9.17, 15) is 0 Å². The molecule has 0 aromatic carbocycles. The van der Waals surface area contributed by atoms with Gasteiger partial charge in [0.1, 0.15) is 0 Å². The summed E-state index contributed by atoms with van der Waals surface area (Å²) in [6.45, 7) is 2.34. The molecule has 0 fully saturated rings. The molecule has 1 aromatic heterocycles. The molecule has 0 aliphatic heterocycles. The van der Waals surface area contributed by atoms with Gasteiger partial charge in [-0.3, -0.25) is 0 Å². The Morgan fingerprint density at radius 3 is 3.08 bits per heavy atom. The smallest absolute Gasteiger partial charge is 0.0547 e. The lowest BCUT2D eigenvalue weighted by molar-refractivity contribution is 0.300. The first kappa shape index (κ1) is 10.1. The summed E-state index contributed by atoms with van der Waals surface area (Å²) >= 11 is 3.64. The van der Waals surface area contributed by atoms with E-state index in [0.29, 0.717) is 5.25 Å². The van der Waals surface area contributed by atoms with Crippen LogP contribution in [0.5, 0.6) is 0 Å². The van der Waals surface area contributed by atoms with Crippen molar-refractivity contribution in [2.75, 3.05) is 12.4 Å². The topological polar surface area (TPSA) is 20.2 Å². The monoisotopic (exact) mass is 202 g/mol. The van der Waals surface area contributed by atoms with E-state index in [1.165, 1.54) is 4.88 Å². The molecule has 0 amide bonds. The van der Waals surface area contributed by atoms with Crippen molar-refractivity contribution in [2.45, 2.75) is 18.6 Å². The Morgan fingerprint density at radius 2 is 2.50 bits per heavy atom. The zero-order chi connectivity index (χ0) is 8.81. The highest BCUT2D eigenvalue weighted by molar-refractivity contribution is 7.99. The van der Waals surface area contributed by atoms with E-state index in [2.05, 4.69) is 24.4 Å². The summed E-state index contributed by atoms with van der Waals surface area (Å²) < 4.78 is 0. The average molecular weight is 202 g/mol. The molecule has 1 nitrogen and oxygen atoms in total. The molecule has 1 unspecified atom stereocenters. The van der Waals surface area contributed by atoms with E-state index >= 15 is 0 Å². The van der Waals surface area contributed by atoms with Gasteiger partial charge < -0.3 is 5.11 Å². The highest BCUT2D eigenvalue weighted by atomic mass is 32.2. The van der Waals surface area contributed by atoms with E-state index < -0.39 is 0 Å². The lowest BCUT2D eigenvalue weighted by atomic mass is 10.4. The molecule has 1 N–H and O–H groups in total. The van der Waals surface area contributed by atoms with Gasteiger partial charge in [0.15, 0.2) is 0 Å². The first-order chi connectivity index (χ1) is 5.83. The minimum Gasteiger partial charge on any atom is -0.395 e. The predicted molar refractivity (Wildman–Crippen MR) is 57.0 cm³/mol. The number of hydrogen-bond acceptors (Lipinski definition) is 3. The van der Waals surface area contributed by atoms with Crippen molar-refractivity contribution in [1.29, 1.82) is 0 Å². The van der Waals surface area contributed by atoms with Gasteiger partial charge in [0.2, 0.25) is 0 Å². The van der Waals surface area contributed by atoms with Gasteiger partial charge in [-0.05, 0) is 23.6 Å². The summed E-state index contributed by atoms with van der Waals surface area (Å²) in [7, 11) is 0. The van der Waals surface area contributed by atoms with Crippen LogP contribution in [0, 0.1) is 0 Å². The van der Waals surface area contributed by atoms with Crippen LogP contribution in [-0.4, -0.2) is 22.7 Å². The van der Waals surface area contributed by atoms with Crippen LogP contribution in [0.2, 0.25) is 0 Å². The SMILES string of the molecule is CC(CO)SCCc1cccs1. The normalized spacial score (nSPS) is 13.2. The van der Waals surface area contributed by atoms with Crippen LogP contribution >= 0.6 is 23.1 Å². The lowest BCUT2D eigenvalue weighted by Gasteiger charge is -2.05. The number of thiophene rings is 1.